The summed E-state index contributed by atoms with van der Waals surface area (Å²) >= 11 is 0. The van der Waals surface area contributed by atoms with E-state index in [9.17, 15) is 9.59 Å². The van der Waals surface area contributed by atoms with Crippen LogP contribution in [0, 0.1) is 0 Å². The molecule has 0 radical (unpaired) electrons. The zero-order chi connectivity index (χ0) is 14.1. The summed E-state index contributed by atoms with van der Waals surface area (Å²) in [6, 6.07) is 2.73. The fraction of sp³-hybridized carbons (Fsp3) is 0.462. The van der Waals surface area contributed by atoms with Gasteiger partial charge < -0.3 is 15.2 Å². The highest BCUT2D eigenvalue weighted by molar-refractivity contribution is 5.83. The topological polar surface area (TPSA) is 88.5 Å². The van der Waals surface area contributed by atoms with E-state index in [0.717, 1.165) is 0 Å². The van der Waals surface area contributed by atoms with E-state index < -0.39 is 12.0 Å². The largest absolute Gasteiger partial charge is 0.492 e. The van der Waals surface area contributed by atoms with Crippen LogP contribution in [-0.2, 0) is 9.59 Å². The summed E-state index contributed by atoms with van der Waals surface area (Å²) in [5.74, 6) is -0.633. The lowest BCUT2D eigenvalue weighted by Gasteiger charge is -2.12. The lowest BCUT2D eigenvalue weighted by atomic mass is 10.2. The summed E-state index contributed by atoms with van der Waals surface area (Å²) in [5.41, 5.74) is 0. The molecule has 1 atom stereocenters. The fourth-order valence-electron chi connectivity index (χ4n) is 1.46. The predicted molar refractivity (Wildman–Crippen MR) is 68.8 cm³/mol. The van der Waals surface area contributed by atoms with Crippen molar-refractivity contribution in [2.45, 2.75) is 32.2 Å². The number of nitrogens with one attached hydrogen (secondary N) is 1. The number of ether oxygens (including phenoxy) is 1. The lowest BCUT2D eigenvalue weighted by molar-refractivity contribution is -0.141. The first-order chi connectivity index (χ1) is 9.13. The minimum absolute atomic E-state index is 0.240. The molecule has 2 N–H and O–H groups in total. The molecule has 0 aliphatic rings. The summed E-state index contributed by atoms with van der Waals surface area (Å²) < 4.78 is 5.38. The molecule has 0 saturated carbocycles. The van der Waals surface area contributed by atoms with Gasteiger partial charge in [-0.1, -0.05) is 6.92 Å². The number of amides is 1. The number of carboxylic acid groups (broad SMARTS) is 1. The number of carboxylic acids is 1. The van der Waals surface area contributed by atoms with Crippen molar-refractivity contribution in [3.63, 3.8) is 0 Å². The Balaban J connectivity index is 2.19. The molecule has 0 fully saturated rings. The van der Waals surface area contributed by atoms with Crippen LogP contribution in [0.5, 0.6) is 5.75 Å². The molecular formula is C13H18N2O4. The molecule has 0 aliphatic heterocycles. The average Bonchev–Trinajstić information content (AvgIpc) is 2.42. The summed E-state index contributed by atoms with van der Waals surface area (Å²) in [6.45, 7) is 2.10. The Bertz CT molecular complexity index is 408. The third kappa shape index (κ3) is 5.85. The first-order valence-corrected chi connectivity index (χ1v) is 6.18. The Morgan fingerprint density at radius 2 is 2.32 bits per heavy atom. The number of nitrogens with zero attached hydrogens (tertiary/aromatic N) is 1. The minimum atomic E-state index is -1.01. The highest BCUT2D eigenvalue weighted by Gasteiger charge is 2.16. The van der Waals surface area contributed by atoms with E-state index in [1.807, 2.05) is 0 Å². The van der Waals surface area contributed by atoms with Crippen molar-refractivity contribution in [3.8, 4) is 5.75 Å². The van der Waals surface area contributed by atoms with Crippen LogP contribution >= 0.6 is 0 Å². The molecule has 19 heavy (non-hydrogen) atoms. The van der Waals surface area contributed by atoms with Crippen LogP contribution in [0.15, 0.2) is 24.5 Å². The van der Waals surface area contributed by atoms with Gasteiger partial charge in [-0.15, -0.1) is 0 Å². The summed E-state index contributed by atoms with van der Waals surface area (Å²) in [4.78, 5) is 26.1. The van der Waals surface area contributed by atoms with Crippen molar-refractivity contribution in [1.29, 1.82) is 0 Å². The Morgan fingerprint density at radius 3 is 2.89 bits per heavy atom. The first-order valence-electron chi connectivity index (χ1n) is 6.18. The van der Waals surface area contributed by atoms with Gasteiger partial charge in [0.15, 0.2) is 0 Å². The Morgan fingerprint density at radius 1 is 1.53 bits per heavy atom. The maximum absolute atomic E-state index is 11.5. The molecule has 1 rings (SSSR count). The van der Waals surface area contributed by atoms with Crippen LogP contribution in [0.25, 0.3) is 0 Å². The van der Waals surface area contributed by atoms with Gasteiger partial charge in [-0.25, -0.2) is 4.79 Å². The zero-order valence-corrected chi connectivity index (χ0v) is 10.8. The van der Waals surface area contributed by atoms with Gasteiger partial charge in [-0.05, 0) is 25.0 Å². The number of hydrogen-bond acceptors (Lipinski definition) is 4. The zero-order valence-electron chi connectivity index (χ0n) is 10.8. The number of aliphatic carboxylic acids is 1. The number of hydrogen-bond donors (Lipinski definition) is 2. The van der Waals surface area contributed by atoms with Crippen LogP contribution in [-0.4, -0.2) is 34.6 Å². The Hall–Kier alpha value is -2.11. The SMILES string of the molecule is CCC(NC(=O)CCCOc1cccnc1)C(=O)O. The van der Waals surface area contributed by atoms with Crippen LogP contribution in [0.2, 0.25) is 0 Å². The number of aromatic nitrogens is 1. The molecule has 1 aromatic heterocycles. The molecule has 1 amide bonds. The van der Waals surface area contributed by atoms with Gasteiger partial charge in [-0.3, -0.25) is 9.78 Å². The quantitative estimate of drug-likeness (QED) is 0.691. The third-order valence-electron chi connectivity index (χ3n) is 2.49. The molecule has 0 bridgehead atoms. The van der Waals surface area contributed by atoms with Gasteiger partial charge in [0.25, 0.3) is 0 Å². The smallest absolute Gasteiger partial charge is 0.326 e. The van der Waals surface area contributed by atoms with Crippen molar-refractivity contribution < 1.29 is 19.4 Å². The highest BCUT2D eigenvalue weighted by Crippen LogP contribution is 2.06. The van der Waals surface area contributed by atoms with E-state index in [1.165, 1.54) is 0 Å². The molecule has 0 aromatic carbocycles. The first kappa shape index (κ1) is 14.9. The molecule has 104 valence electrons. The summed E-state index contributed by atoms with van der Waals surface area (Å²) in [5, 5.41) is 11.3. The van der Waals surface area contributed by atoms with E-state index >= 15 is 0 Å². The molecular weight excluding hydrogens is 248 g/mol. The fourth-order valence-corrected chi connectivity index (χ4v) is 1.46. The molecule has 0 aliphatic carbocycles. The molecule has 1 aromatic rings. The highest BCUT2D eigenvalue weighted by atomic mass is 16.5. The van der Waals surface area contributed by atoms with Crippen LogP contribution in [0.4, 0.5) is 0 Å². The van der Waals surface area contributed by atoms with Crippen LogP contribution in [0.1, 0.15) is 26.2 Å². The standard InChI is InChI=1S/C13H18N2O4/c1-2-11(13(17)18)15-12(16)6-4-8-19-10-5-3-7-14-9-10/h3,5,7,9,11H,2,4,6,8H2,1H3,(H,15,16)(H,17,18). The second kappa shape index (κ2) is 8.07. The lowest BCUT2D eigenvalue weighted by Crippen LogP contribution is -2.40. The second-order valence-electron chi connectivity index (χ2n) is 4.01. The van der Waals surface area contributed by atoms with Gasteiger partial charge in [0, 0.05) is 12.6 Å². The molecule has 0 saturated heterocycles. The normalized spacial score (nSPS) is 11.6. The molecule has 1 heterocycles. The Kier molecular flexibility index (Phi) is 6.35. The monoisotopic (exact) mass is 266 g/mol. The number of carbonyl (C=O) groups is 2. The summed E-state index contributed by atoms with van der Waals surface area (Å²) in [6.07, 6.45) is 4.38. The van der Waals surface area contributed by atoms with Crippen LogP contribution < -0.4 is 10.1 Å². The second-order valence-corrected chi connectivity index (χ2v) is 4.01. The van der Waals surface area contributed by atoms with Gasteiger partial charge in [0.1, 0.15) is 11.8 Å². The van der Waals surface area contributed by atoms with Crippen molar-refractivity contribution in [3.05, 3.63) is 24.5 Å². The summed E-state index contributed by atoms with van der Waals surface area (Å²) in [7, 11) is 0. The van der Waals surface area contributed by atoms with E-state index in [1.54, 1.807) is 31.5 Å². The maximum Gasteiger partial charge on any atom is 0.326 e. The molecule has 6 nitrogen and oxygen atoms in total. The van der Waals surface area contributed by atoms with E-state index in [-0.39, 0.29) is 12.3 Å². The number of carbonyl (C=O) groups excluding carboxylic acids is 1. The maximum atomic E-state index is 11.5. The van der Waals surface area contributed by atoms with E-state index in [2.05, 4.69) is 10.3 Å². The van der Waals surface area contributed by atoms with Crippen LogP contribution in [0.3, 0.4) is 0 Å². The van der Waals surface area contributed by atoms with Crippen molar-refractivity contribution in [1.82, 2.24) is 10.3 Å². The van der Waals surface area contributed by atoms with Gasteiger partial charge in [-0.2, -0.15) is 0 Å². The average molecular weight is 266 g/mol. The Labute approximate surface area is 111 Å². The third-order valence-corrected chi connectivity index (χ3v) is 2.49. The van der Waals surface area contributed by atoms with Crippen molar-refractivity contribution in [2.24, 2.45) is 0 Å². The molecule has 1 unspecified atom stereocenters. The number of rotatable bonds is 8. The predicted octanol–water partition coefficient (Wildman–Crippen LogP) is 1.22. The van der Waals surface area contributed by atoms with E-state index in [4.69, 9.17) is 9.84 Å². The van der Waals surface area contributed by atoms with E-state index in [0.29, 0.717) is 25.2 Å². The van der Waals surface area contributed by atoms with Crippen molar-refractivity contribution in [2.75, 3.05) is 6.61 Å². The molecule has 0 spiro atoms. The minimum Gasteiger partial charge on any atom is -0.492 e. The van der Waals surface area contributed by atoms with Gasteiger partial charge in [0.05, 0.1) is 12.8 Å². The van der Waals surface area contributed by atoms with Gasteiger partial charge >= 0.3 is 5.97 Å². The molecule has 6 heteroatoms. The van der Waals surface area contributed by atoms with Gasteiger partial charge in [0.2, 0.25) is 5.91 Å². The van der Waals surface area contributed by atoms with Crippen molar-refractivity contribution >= 4 is 11.9 Å². The number of pyridine rings is 1.